The number of nitrogens with one attached hydrogen (secondary N) is 1. The van der Waals surface area contributed by atoms with E-state index in [9.17, 15) is 21.6 Å². The molecular weight excluding hydrogens is 383 g/mol. The molecule has 2 heterocycles. The number of alkyl halides is 3. The molecule has 7 nitrogen and oxygen atoms in total. The average Bonchev–Trinajstić information content (AvgIpc) is 3.10. The molecule has 0 unspecified atom stereocenters. The highest BCUT2D eigenvalue weighted by atomic mass is 32.2. The second kappa shape index (κ2) is 7.45. The molecule has 0 saturated heterocycles. The Balaban J connectivity index is 1.66. The minimum Gasteiger partial charge on any atom is -0.327 e. The zero-order chi connectivity index (χ0) is 19.5. The van der Waals surface area contributed by atoms with Gasteiger partial charge in [-0.15, -0.1) is 0 Å². The number of hydrogen-bond acceptors (Lipinski definition) is 5. The van der Waals surface area contributed by atoms with E-state index in [2.05, 4.69) is 19.7 Å². The molecule has 27 heavy (non-hydrogen) atoms. The first-order chi connectivity index (χ1) is 12.8. The fraction of sp³-hybridized carbons (Fsp3) is 0.188. The summed E-state index contributed by atoms with van der Waals surface area (Å²) >= 11 is 0. The van der Waals surface area contributed by atoms with Gasteiger partial charge in [0, 0.05) is 37.9 Å². The molecule has 0 aliphatic carbocycles. The monoisotopic (exact) mass is 397 g/mol. The molecule has 11 heteroatoms. The quantitative estimate of drug-likeness (QED) is 0.690. The summed E-state index contributed by atoms with van der Waals surface area (Å²) in [5.41, 5.74) is -0.910. The zero-order valence-electron chi connectivity index (χ0n) is 13.8. The fourth-order valence-corrected chi connectivity index (χ4v) is 3.34. The highest BCUT2D eigenvalue weighted by Crippen LogP contribution is 2.29. The van der Waals surface area contributed by atoms with Crippen LogP contribution in [-0.2, 0) is 22.7 Å². The van der Waals surface area contributed by atoms with E-state index in [4.69, 9.17) is 0 Å². The Kier molecular flexibility index (Phi) is 5.24. The molecule has 1 aromatic carbocycles. The summed E-state index contributed by atoms with van der Waals surface area (Å²) in [6.07, 6.45) is 1.80. The number of nitrogens with zero attached hydrogens (tertiary/aromatic N) is 4. The number of hydrogen-bond donors (Lipinski definition) is 1. The lowest BCUT2D eigenvalue weighted by atomic mass is 10.2. The number of halogens is 3. The van der Waals surface area contributed by atoms with Gasteiger partial charge in [-0.2, -0.15) is 13.2 Å². The van der Waals surface area contributed by atoms with Crippen LogP contribution in [0, 0.1) is 0 Å². The topological polar surface area (TPSA) is 89.8 Å². The predicted molar refractivity (Wildman–Crippen MR) is 89.9 cm³/mol. The summed E-state index contributed by atoms with van der Waals surface area (Å²) in [5, 5.41) is 0. The van der Waals surface area contributed by atoms with Crippen LogP contribution in [-0.4, -0.2) is 34.5 Å². The van der Waals surface area contributed by atoms with E-state index < -0.39 is 21.8 Å². The number of aromatic nitrogens is 4. The second-order valence-corrected chi connectivity index (χ2v) is 7.20. The van der Waals surface area contributed by atoms with E-state index in [-0.39, 0.29) is 18.0 Å². The van der Waals surface area contributed by atoms with Crippen LogP contribution in [0.1, 0.15) is 5.56 Å². The van der Waals surface area contributed by atoms with Crippen LogP contribution >= 0.6 is 0 Å². The third-order valence-corrected chi connectivity index (χ3v) is 5.09. The molecule has 3 aromatic rings. The van der Waals surface area contributed by atoms with Crippen LogP contribution in [0.5, 0.6) is 0 Å². The molecular formula is C16H14F3N5O2S. The van der Waals surface area contributed by atoms with Crippen molar-refractivity contribution in [3.8, 4) is 11.6 Å². The van der Waals surface area contributed by atoms with Gasteiger partial charge in [-0.3, -0.25) is 0 Å². The van der Waals surface area contributed by atoms with Gasteiger partial charge in [-0.1, -0.05) is 0 Å². The molecule has 142 valence electrons. The lowest BCUT2D eigenvalue weighted by Crippen LogP contribution is -2.27. The van der Waals surface area contributed by atoms with Gasteiger partial charge in [0.05, 0.1) is 10.5 Å². The Bertz CT molecular complexity index is 1000. The van der Waals surface area contributed by atoms with Gasteiger partial charge in [0.1, 0.15) is 0 Å². The van der Waals surface area contributed by atoms with E-state index in [1.54, 1.807) is 29.2 Å². The van der Waals surface area contributed by atoms with Crippen LogP contribution < -0.4 is 4.72 Å². The summed E-state index contributed by atoms with van der Waals surface area (Å²) in [7, 11) is -3.94. The summed E-state index contributed by atoms with van der Waals surface area (Å²) in [5.74, 6) is 0.873. The van der Waals surface area contributed by atoms with Crippen molar-refractivity contribution in [1.82, 2.24) is 24.2 Å². The number of imidazole rings is 1. The number of rotatable bonds is 6. The lowest BCUT2D eigenvalue weighted by Gasteiger charge is -2.10. The molecule has 0 atom stereocenters. The van der Waals surface area contributed by atoms with Gasteiger partial charge < -0.3 is 4.57 Å². The van der Waals surface area contributed by atoms with Crippen molar-refractivity contribution in [1.29, 1.82) is 0 Å². The molecule has 0 aliphatic rings. The van der Waals surface area contributed by atoms with Crippen molar-refractivity contribution in [3.05, 3.63) is 60.7 Å². The highest BCUT2D eigenvalue weighted by Gasteiger charge is 2.30. The first kappa shape index (κ1) is 19.0. The summed E-state index contributed by atoms with van der Waals surface area (Å²) < 4.78 is 66.2. The van der Waals surface area contributed by atoms with E-state index in [0.717, 1.165) is 24.3 Å². The van der Waals surface area contributed by atoms with Crippen molar-refractivity contribution < 1.29 is 21.6 Å². The molecule has 0 spiro atoms. The molecule has 1 N–H and O–H groups in total. The second-order valence-electron chi connectivity index (χ2n) is 5.44. The molecule has 0 fully saturated rings. The minimum absolute atomic E-state index is 0.0134. The van der Waals surface area contributed by atoms with E-state index in [1.165, 1.54) is 6.20 Å². The standard InChI is InChI=1S/C16H14F3N5O2S/c17-16(18,19)12-2-4-13(5-3-12)27(25,26)23-9-11-24-10-8-22-15(24)14-20-6-1-7-21-14/h1-8,10,23H,9,11H2. The third-order valence-electron chi connectivity index (χ3n) is 3.62. The maximum atomic E-state index is 12.6. The summed E-state index contributed by atoms with van der Waals surface area (Å²) in [6, 6.07) is 4.97. The first-order valence-corrected chi connectivity index (χ1v) is 9.21. The van der Waals surface area contributed by atoms with Gasteiger partial charge in [0.2, 0.25) is 10.0 Å². The van der Waals surface area contributed by atoms with Crippen molar-refractivity contribution >= 4 is 10.0 Å². The Hall–Kier alpha value is -2.79. The van der Waals surface area contributed by atoms with Crippen LogP contribution in [0.3, 0.4) is 0 Å². The molecule has 0 bridgehead atoms. The normalized spacial score (nSPS) is 12.3. The Morgan fingerprint density at radius 3 is 2.30 bits per heavy atom. The van der Waals surface area contributed by atoms with Crippen LogP contribution in [0.4, 0.5) is 13.2 Å². The highest BCUT2D eigenvalue weighted by molar-refractivity contribution is 7.89. The maximum Gasteiger partial charge on any atom is 0.416 e. The fourth-order valence-electron chi connectivity index (χ4n) is 2.32. The van der Waals surface area contributed by atoms with Gasteiger partial charge in [-0.05, 0) is 30.3 Å². The third kappa shape index (κ3) is 4.49. The Labute approximate surface area is 153 Å². The van der Waals surface area contributed by atoms with Gasteiger partial charge in [0.25, 0.3) is 0 Å². The summed E-state index contributed by atoms with van der Waals surface area (Å²) in [6.45, 7) is 0.257. The minimum atomic E-state index is -4.52. The van der Waals surface area contributed by atoms with E-state index in [0.29, 0.717) is 11.6 Å². The largest absolute Gasteiger partial charge is 0.416 e. The van der Waals surface area contributed by atoms with Gasteiger partial charge in [-0.25, -0.2) is 28.1 Å². The van der Waals surface area contributed by atoms with Crippen molar-refractivity contribution in [2.24, 2.45) is 0 Å². The predicted octanol–water partition coefficient (Wildman–Crippen LogP) is 2.34. The molecule has 3 rings (SSSR count). The first-order valence-electron chi connectivity index (χ1n) is 7.73. The van der Waals surface area contributed by atoms with Gasteiger partial charge >= 0.3 is 6.18 Å². The molecule has 0 aliphatic heterocycles. The molecule has 0 radical (unpaired) electrons. The summed E-state index contributed by atoms with van der Waals surface area (Å²) in [4.78, 5) is 12.1. The lowest BCUT2D eigenvalue weighted by molar-refractivity contribution is -0.137. The van der Waals surface area contributed by atoms with Crippen molar-refractivity contribution in [2.75, 3.05) is 6.54 Å². The SMILES string of the molecule is O=S(=O)(NCCn1ccnc1-c1ncccn1)c1ccc(C(F)(F)F)cc1. The Morgan fingerprint density at radius 2 is 1.67 bits per heavy atom. The van der Waals surface area contributed by atoms with E-state index >= 15 is 0 Å². The Morgan fingerprint density at radius 1 is 1.00 bits per heavy atom. The molecule has 0 amide bonds. The molecule has 2 aromatic heterocycles. The average molecular weight is 397 g/mol. The zero-order valence-corrected chi connectivity index (χ0v) is 14.6. The van der Waals surface area contributed by atoms with Crippen molar-refractivity contribution in [2.45, 2.75) is 17.6 Å². The number of benzene rings is 1. The van der Waals surface area contributed by atoms with Crippen LogP contribution in [0.15, 0.2) is 60.0 Å². The maximum absolute atomic E-state index is 12.6. The van der Waals surface area contributed by atoms with Gasteiger partial charge in [0.15, 0.2) is 11.6 Å². The smallest absolute Gasteiger partial charge is 0.327 e. The van der Waals surface area contributed by atoms with Crippen LogP contribution in [0.2, 0.25) is 0 Å². The van der Waals surface area contributed by atoms with Crippen LogP contribution in [0.25, 0.3) is 11.6 Å². The van der Waals surface area contributed by atoms with E-state index in [1.807, 2.05) is 0 Å². The molecule has 0 saturated carbocycles. The number of sulfonamides is 1. The van der Waals surface area contributed by atoms with Crippen molar-refractivity contribution in [3.63, 3.8) is 0 Å².